The van der Waals surface area contributed by atoms with Crippen molar-refractivity contribution >= 4 is 17.1 Å². The molecule has 3 nitrogen and oxygen atoms in total. The van der Waals surface area contributed by atoms with E-state index in [0.29, 0.717) is 0 Å². The van der Waals surface area contributed by atoms with Crippen LogP contribution in [0.25, 0.3) is 0 Å². The number of nitrogen functional groups attached to an aromatic ring is 1. The average Bonchev–Trinajstić information content (AvgIpc) is 2.41. The van der Waals surface area contributed by atoms with E-state index in [9.17, 15) is 13.2 Å². The summed E-state index contributed by atoms with van der Waals surface area (Å²) in [4.78, 5) is 0. The van der Waals surface area contributed by atoms with Gasteiger partial charge in [0.1, 0.15) is 23.1 Å². The van der Waals surface area contributed by atoms with E-state index in [2.05, 4.69) is 5.32 Å². The van der Waals surface area contributed by atoms with Gasteiger partial charge in [-0.3, -0.25) is 0 Å². The number of hydrogen-bond acceptors (Lipinski definition) is 3. The van der Waals surface area contributed by atoms with Gasteiger partial charge in [0.2, 0.25) is 0 Å². The minimum atomic E-state index is -0.816. The molecule has 0 aromatic heterocycles. The molecule has 0 saturated carbocycles. The molecular weight excluding hydrogens is 269 g/mol. The van der Waals surface area contributed by atoms with Gasteiger partial charge in [-0.2, -0.15) is 0 Å². The predicted molar refractivity (Wildman–Crippen MR) is 71.7 cm³/mol. The van der Waals surface area contributed by atoms with E-state index >= 15 is 0 Å². The van der Waals surface area contributed by atoms with E-state index < -0.39 is 23.1 Å². The molecule has 0 fully saturated rings. The second kappa shape index (κ2) is 5.32. The van der Waals surface area contributed by atoms with Crippen molar-refractivity contribution in [3.63, 3.8) is 0 Å². The first-order valence-electron chi connectivity index (χ1n) is 5.78. The lowest BCUT2D eigenvalue weighted by atomic mass is 10.1. The van der Waals surface area contributed by atoms with Gasteiger partial charge in [-0.25, -0.2) is 13.2 Å². The summed E-state index contributed by atoms with van der Waals surface area (Å²) in [7, 11) is 1.36. The Bertz CT molecular complexity index is 659. The van der Waals surface area contributed by atoms with Crippen LogP contribution >= 0.6 is 0 Å². The van der Waals surface area contributed by atoms with Crippen molar-refractivity contribution in [3.8, 4) is 5.75 Å². The van der Waals surface area contributed by atoms with Crippen LogP contribution in [-0.2, 0) is 0 Å². The fraction of sp³-hybridized carbons (Fsp3) is 0.143. The third-order valence-electron chi connectivity index (χ3n) is 2.86. The topological polar surface area (TPSA) is 47.3 Å². The molecule has 6 heteroatoms. The molecule has 20 heavy (non-hydrogen) atoms. The summed E-state index contributed by atoms with van der Waals surface area (Å²) in [6.07, 6.45) is 0. The van der Waals surface area contributed by atoms with Crippen LogP contribution in [0.4, 0.5) is 30.2 Å². The number of methoxy groups -OCH3 is 1. The molecule has 0 aliphatic rings. The lowest BCUT2D eigenvalue weighted by Gasteiger charge is -2.13. The Kier molecular flexibility index (Phi) is 3.74. The number of halogens is 3. The summed E-state index contributed by atoms with van der Waals surface area (Å²) in [6.45, 7) is 1.49. The quantitative estimate of drug-likeness (QED) is 0.843. The van der Waals surface area contributed by atoms with Gasteiger partial charge in [-0.1, -0.05) is 6.07 Å². The summed E-state index contributed by atoms with van der Waals surface area (Å²) in [5, 5.41) is 2.39. The number of nitrogens with two attached hydrogens (primary N) is 1. The predicted octanol–water partition coefficient (Wildman–Crippen LogP) is 3.75. The number of anilines is 3. The van der Waals surface area contributed by atoms with Crippen molar-refractivity contribution in [1.29, 1.82) is 0 Å². The Hall–Kier alpha value is -2.37. The summed E-state index contributed by atoms with van der Waals surface area (Å²) in [6, 6.07) is 4.67. The molecule has 0 unspecified atom stereocenters. The Morgan fingerprint density at radius 3 is 2.45 bits per heavy atom. The van der Waals surface area contributed by atoms with E-state index in [4.69, 9.17) is 10.5 Å². The first-order valence-corrected chi connectivity index (χ1v) is 5.78. The maximum atomic E-state index is 13.9. The maximum Gasteiger partial charge on any atom is 0.152 e. The molecule has 106 valence electrons. The van der Waals surface area contributed by atoms with E-state index in [-0.39, 0.29) is 22.7 Å². The molecule has 2 aromatic carbocycles. The third kappa shape index (κ3) is 2.49. The summed E-state index contributed by atoms with van der Waals surface area (Å²) in [5.74, 6) is -2.12. The number of aryl methyl sites for hydroxylation is 1. The standard InChI is InChI=1S/C14H13F3N2O/c1-7-3-4-8(15)14(13(7)17)19-11-6-12(20-2)10(18)5-9(11)16/h3-6,19H,18H2,1-2H3. The fourth-order valence-corrected chi connectivity index (χ4v) is 1.75. The molecule has 0 atom stereocenters. The van der Waals surface area contributed by atoms with E-state index in [0.717, 1.165) is 12.1 Å². The number of rotatable bonds is 3. The van der Waals surface area contributed by atoms with Crippen LogP contribution in [-0.4, -0.2) is 7.11 Å². The molecule has 2 rings (SSSR count). The van der Waals surface area contributed by atoms with Crippen molar-refractivity contribution in [2.24, 2.45) is 0 Å². The fourth-order valence-electron chi connectivity index (χ4n) is 1.75. The highest BCUT2D eigenvalue weighted by molar-refractivity contribution is 5.68. The highest BCUT2D eigenvalue weighted by Gasteiger charge is 2.15. The van der Waals surface area contributed by atoms with Crippen LogP contribution in [0, 0.1) is 24.4 Å². The number of ether oxygens (including phenoxy) is 1. The summed E-state index contributed by atoms with van der Waals surface area (Å²) < 4.78 is 46.2. The van der Waals surface area contributed by atoms with Gasteiger partial charge in [0.15, 0.2) is 5.82 Å². The van der Waals surface area contributed by atoms with Crippen LogP contribution in [0.1, 0.15) is 5.56 Å². The number of hydrogen-bond donors (Lipinski definition) is 2. The smallest absolute Gasteiger partial charge is 0.152 e. The Morgan fingerprint density at radius 2 is 1.80 bits per heavy atom. The molecule has 0 amide bonds. The van der Waals surface area contributed by atoms with Crippen molar-refractivity contribution < 1.29 is 17.9 Å². The van der Waals surface area contributed by atoms with Crippen LogP contribution in [0.15, 0.2) is 24.3 Å². The van der Waals surface area contributed by atoms with Gasteiger partial charge in [-0.05, 0) is 18.6 Å². The van der Waals surface area contributed by atoms with Crippen LogP contribution < -0.4 is 15.8 Å². The van der Waals surface area contributed by atoms with Gasteiger partial charge < -0.3 is 15.8 Å². The second-order valence-corrected chi connectivity index (χ2v) is 4.25. The molecule has 2 aromatic rings. The zero-order valence-electron chi connectivity index (χ0n) is 10.9. The zero-order valence-corrected chi connectivity index (χ0v) is 10.9. The summed E-state index contributed by atoms with van der Waals surface area (Å²) >= 11 is 0. The number of nitrogens with one attached hydrogen (secondary N) is 1. The average molecular weight is 282 g/mol. The van der Waals surface area contributed by atoms with Gasteiger partial charge in [0, 0.05) is 12.1 Å². The minimum Gasteiger partial charge on any atom is -0.495 e. The zero-order chi connectivity index (χ0) is 14.9. The van der Waals surface area contributed by atoms with E-state index in [1.54, 1.807) is 0 Å². The Morgan fingerprint density at radius 1 is 1.10 bits per heavy atom. The maximum absolute atomic E-state index is 13.9. The molecular formula is C14H13F3N2O. The molecule has 0 saturated heterocycles. The lowest BCUT2D eigenvalue weighted by Crippen LogP contribution is -2.03. The first kappa shape index (κ1) is 14.0. The van der Waals surface area contributed by atoms with E-state index in [1.165, 1.54) is 26.2 Å². The van der Waals surface area contributed by atoms with E-state index in [1.807, 2.05) is 0 Å². The Labute approximate surface area is 114 Å². The molecule has 0 spiro atoms. The molecule has 0 heterocycles. The molecule has 0 radical (unpaired) electrons. The van der Waals surface area contributed by atoms with Crippen molar-refractivity contribution in [2.75, 3.05) is 18.2 Å². The Balaban J connectivity index is 2.48. The molecule has 3 N–H and O–H groups in total. The molecule has 0 bridgehead atoms. The van der Waals surface area contributed by atoms with Gasteiger partial charge in [0.25, 0.3) is 0 Å². The largest absolute Gasteiger partial charge is 0.495 e. The van der Waals surface area contributed by atoms with Crippen molar-refractivity contribution in [3.05, 3.63) is 47.3 Å². The second-order valence-electron chi connectivity index (χ2n) is 4.25. The third-order valence-corrected chi connectivity index (χ3v) is 2.86. The minimum absolute atomic E-state index is 0.0979. The first-order chi connectivity index (χ1) is 9.43. The van der Waals surface area contributed by atoms with Crippen LogP contribution in [0.5, 0.6) is 5.75 Å². The molecule has 0 aliphatic heterocycles. The van der Waals surface area contributed by atoms with Gasteiger partial charge in [-0.15, -0.1) is 0 Å². The van der Waals surface area contributed by atoms with Crippen LogP contribution in [0.2, 0.25) is 0 Å². The highest BCUT2D eigenvalue weighted by Crippen LogP contribution is 2.32. The lowest BCUT2D eigenvalue weighted by molar-refractivity contribution is 0.416. The summed E-state index contributed by atoms with van der Waals surface area (Å²) in [5.41, 5.74) is 5.34. The van der Waals surface area contributed by atoms with Crippen LogP contribution in [0.3, 0.4) is 0 Å². The normalized spacial score (nSPS) is 10.4. The monoisotopic (exact) mass is 282 g/mol. The van der Waals surface area contributed by atoms with Gasteiger partial charge in [0.05, 0.1) is 18.5 Å². The number of benzene rings is 2. The highest BCUT2D eigenvalue weighted by atomic mass is 19.1. The van der Waals surface area contributed by atoms with Gasteiger partial charge >= 0.3 is 0 Å². The molecule has 0 aliphatic carbocycles. The van der Waals surface area contributed by atoms with Crippen molar-refractivity contribution in [2.45, 2.75) is 6.92 Å². The van der Waals surface area contributed by atoms with Crippen molar-refractivity contribution in [1.82, 2.24) is 0 Å². The SMILES string of the molecule is COc1cc(Nc2c(F)ccc(C)c2F)c(F)cc1N.